The number of aryl methyl sites for hydroxylation is 1. The van der Waals surface area contributed by atoms with Crippen LogP contribution in [-0.2, 0) is 16.6 Å². The molecule has 144 valence electrons. The van der Waals surface area contributed by atoms with E-state index in [4.69, 9.17) is 9.57 Å². The molecule has 2 aromatic carbocycles. The lowest BCUT2D eigenvalue weighted by atomic mass is 10.1. The van der Waals surface area contributed by atoms with Gasteiger partial charge in [0.25, 0.3) is 0 Å². The molecule has 7 heteroatoms. The molecule has 0 unspecified atom stereocenters. The summed E-state index contributed by atoms with van der Waals surface area (Å²) in [6, 6.07) is 13.2. The number of anilines is 1. The first-order valence-corrected chi connectivity index (χ1v) is 9.05. The molecule has 1 fully saturated rings. The fourth-order valence-electron chi connectivity index (χ4n) is 3.46. The Balaban J connectivity index is 1.64. The predicted molar refractivity (Wildman–Crippen MR) is 105 cm³/mol. The van der Waals surface area contributed by atoms with Crippen LogP contribution in [-0.4, -0.2) is 43.1 Å². The van der Waals surface area contributed by atoms with Gasteiger partial charge in [-0.1, -0.05) is 23.4 Å². The topological polar surface area (TPSA) is 56.1 Å². The normalized spacial score (nSPS) is 14.7. The summed E-state index contributed by atoms with van der Waals surface area (Å²) < 4.78 is 20.6. The molecule has 0 atom stereocenters. The van der Waals surface area contributed by atoms with Crippen LogP contribution in [0.1, 0.15) is 15.9 Å². The van der Waals surface area contributed by atoms with Gasteiger partial charge in [0.1, 0.15) is 11.6 Å². The summed E-state index contributed by atoms with van der Waals surface area (Å²) in [4.78, 5) is 19.4. The smallest absolute Gasteiger partial charge is 0.365 e. The maximum atomic E-state index is 13.0. The first-order valence-electron chi connectivity index (χ1n) is 9.05. The van der Waals surface area contributed by atoms with E-state index in [2.05, 4.69) is 14.6 Å². The zero-order valence-electron chi connectivity index (χ0n) is 15.5. The van der Waals surface area contributed by atoms with Crippen LogP contribution in [0.4, 0.5) is 10.2 Å². The maximum Gasteiger partial charge on any atom is 0.365 e. The Labute approximate surface area is 161 Å². The number of oxime groups is 1. The quantitative estimate of drug-likeness (QED) is 0.395. The number of halogens is 1. The van der Waals surface area contributed by atoms with Crippen LogP contribution in [0.15, 0.2) is 53.7 Å². The number of carbonyl (C=O) groups is 1. The van der Waals surface area contributed by atoms with Crippen molar-refractivity contribution in [1.82, 2.24) is 4.57 Å². The highest BCUT2D eigenvalue weighted by molar-refractivity contribution is 6.05. The van der Waals surface area contributed by atoms with Crippen molar-refractivity contribution in [3.63, 3.8) is 0 Å². The average molecular weight is 381 g/mol. The third-order valence-corrected chi connectivity index (χ3v) is 4.82. The Bertz CT molecular complexity index is 1020. The Kier molecular flexibility index (Phi) is 5.08. The highest BCUT2D eigenvalue weighted by atomic mass is 19.1. The minimum Gasteiger partial charge on any atom is -0.378 e. The van der Waals surface area contributed by atoms with E-state index in [1.165, 1.54) is 24.3 Å². The number of rotatable bonds is 4. The highest BCUT2D eigenvalue weighted by Crippen LogP contribution is 2.31. The van der Waals surface area contributed by atoms with Crippen LogP contribution in [0.25, 0.3) is 10.9 Å². The van der Waals surface area contributed by atoms with E-state index in [1.807, 2.05) is 31.3 Å². The molecule has 1 aliphatic heterocycles. The van der Waals surface area contributed by atoms with E-state index in [0.29, 0.717) is 13.2 Å². The van der Waals surface area contributed by atoms with Crippen molar-refractivity contribution in [2.24, 2.45) is 12.2 Å². The van der Waals surface area contributed by atoms with Crippen molar-refractivity contribution in [3.8, 4) is 0 Å². The van der Waals surface area contributed by atoms with Gasteiger partial charge in [-0.05, 0) is 30.3 Å². The van der Waals surface area contributed by atoms with Gasteiger partial charge in [0.2, 0.25) is 0 Å². The van der Waals surface area contributed by atoms with Gasteiger partial charge in [-0.2, -0.15) is 0 Å². The Hall–Kier alpha value is -3.19. The number of benzene rings is 2. The molecule has 0 N–H and O–H groups in total. The van der Waals surface area contributed by atoms with Gasteiger partial charge in [0.15, 0.2) is 0 Å². The molecular formula is C21H20FN3O3. The minimum absolute atomic E-state index is 0.241. The van der Waals surface area contributed by atoms with Crippen molar-refractivity contribution in [3.05, 3.63) is 65.5 Å². The second-order valence-corrected chi connectivity index (χ2v) is 6.53. The fraction of sp³-hybridized carbons (Fsp3) is 0.238. The van der Waals surface area contributed by atoms with E-state index in [0.717, 1.165) is 35.4 Å². The van der Waals surface area contributed by atoms with E-state index in [-0.39, 0.29) is 5.56 Å². The monoisotopic (exact) mass is 381 g/mol. The van der Waals surface area contributed by atoms with Gasteiger partial charge >= 0.3 is 5.97 Å². The summed E-state index contributed by atoms with van der Waals surface area (Å²) >= 11 is 0. The summed E-state index contributed by atoms with van der Waals surface area (Å²) in [6.07, 6.45) is 1.56. The first kappa shape index (κ1) is 18.2. The van der Waals surface area contributed by atoms with E-state index >= 15 is 0 Å². The molecule has 0 bridgehead atoms. The van der Waals surface area contributed by atoms with Crippen molar-refractivity contribution >= 4 is 28.9 Å². The lowest BCUT2D eigenvalue weighted by molar-refractivity contribution is 0.0519. The number of carbonyl (C=O) groups excluding carboxylic acids is 1. The lowest BCUT2D eigenvalue weighted by Gasteiger charge is -2.29. The fourth-order valence-corrected chi connectivity index (χ4v) is 3.46. The van der Waals surface area contributed by atoms with Gasteiger partial charge < -0.3 is 19.0 Å². The standard InChI is InChI=1S/C21H20FN3O3/c1-24-19-5-3-2-4-17(19)18(20(24)25-10-12-27-13-11-25)14-23-28-21(26)15-6-8-16(22)9-7-15/h2-9,14H,10-13H2,1H3/b23-14+. The first-order chi connectivity index (χ1) is 13.6. The Morgan fingerprint density at radius 1 is 1.14 bits per heavy atom. The number of nitrogens with zero attached hydrogens (tertiary/aromatic N) is 3. The number of hydrogen-bond acceptors (Lipinski definition) is 5. The molecule has 1 aromatic heterocycles. The van der Waals surface area contributed by atoms with E-state index in [1.54, 1.807) is 6.21 Å². The summed E-state index contributed by atoms with van der Waals surface area (Å²) in [7, 11) is 2.01. The molecule has 1 aliphatic rings. The Morgan fingerprint density at radius 2 is 1.86 bits per heavy atom. The van der Waals surface area contributed by atoms with E-state index in [9.17, 15) is 9.18 Å². The third kappa shape index (κ3) is 3.48. The van der Waals surface area contributed by atoms with Crippen LogP contribution in [0, 0.1) is 5.82 Å². The van der Waals surface area contributed by atoms with Crippen molar-refractivity contribution in [2.45, 2.75) is 0 Å². The van der Waals surface area contributed by atoms with E-state index < -0.39 is 11.8 Å². The minimum atomic E-state index is -0.635. The largest absolute Gasteiger partial charge is 0.378 e. The molecule has 0 aliphatic carbocycles. The Morgan fingerprint density at radius 3 is 2.61 bits per heavy atom. The number of ether oxygens (including phenoxy) is 1. The molecule has 0 saturated carbocycles. The molecule has 4 rings (SSSR count). The average Bonchev–Trinajstić information content (AvgIpc) is 3.01. The second kappa shape index (κ2) is 7.82. The third-order valence-electron chi connectivity index (χ3n) is 4.82. The second-order valence-electron chi connectivity index (χ2n) is 6.53. The van der Waals surface area contributed by atoms with Crippen molar-refractivity contribution in [2.75, 3.05) is 31.2 Å². The molecule has 0 spiro atoms. The molecule has 1 saturated heterocycles. The summed E-state index contributed by atoms with van der Waals surface area (Å²) in [5.74, 6) is -0.0403. The van der Waals surface area contributed by atoms with Gasteiger partial charge in [0.05, 0.1) is 30.5 Å². The molecule has 0 amide bonds. The number of hydrogen-bond donors (Lipinski definition) is 0. The van der Waals surface area contributed by atoms with Crippen LogP contribution >= 0.6 is 0 Å². The summed E-state index contributed by atoms with van der Waals surface area (Å²) in [5.41, 5.74) is 2.19. The maximum absolute atomic E-state index is 13.0. The molecule has 0 radical (unpaired) electrons. The van der Waals surface area contributed by atoms with Crippen LogP contribution in [0.2, 0.25) is 0 Å². The highest BCUT2D eigenvalue weighted by Gasteiger charge is 2.21. The number of morpholine rings is 1. The van der Waals surface area contributed by atoms with Gasteiger partial charge in [0, 0.05) is 31.1 Å². The lowest BCUT2D eigenvalue weighted by Crippen LogP contribution is -2.37. The number of para-hydroxylation sites is 1. The molecule has 3 aromatic rings. The van der Waals surface area contributed by atoms with Crippen molar-refractivity contribution < 1.29 is 18.8 Å². The van der Waals surface area contributed by atoms with Gasteiger partial charge in [-0.25, -0.2) is 9.18 Å². The van der Waals surface area contributed by atoms with Gasteiger partial charge in [-0.3, -0.25) is 0 Å². The SMILES string of the molecule is Cn1c(N2CCOCC2)c(/C=N/OC(=O)c2ccc(F)cc2)c2ccccc21. The zero-order chi connectivity index (χ0) is 19.5. The number of fused-ring (bicyclic) bond motifs is 1. The van der Waals surface area contributed by atoms with Gasteiger partial charge in [-0.15, -0.1) is 0 Å². The predicted octanol–water partition coefficient (Wildman–Crippen LogP) is 3.34. The molecule has 2 heterocycles. The molecule has 28 heavy (non-hydrogen) atoms. The van der Waals surface area contributed by atoms with Crippen molar-refractivity contribution in [1.29, 1.82) is 0 Å². The van der Waals surface area contributed by atoms with Crippen LogP contribution in [0.5, 0.6) is 0 Å². The molecule has 6 nitrogen and oxygen atoms in total. The summed E-state index contributed by atoms with van der Waals surface area (Å²) in [5, 5.41) is 4.94. The summed E-state index contributed by atoms with van der Waals surface area (Å²) in [6.45, 7) is 2.88. The molecular weight excluding hydrogens is 361 g/mol. The number of aromatic nitrogens is 1. The van der Waals surface area contributed by atoms with Crippen LogP contribution in [0.3, 0.4) is 0 Å². The zero-order valence-corrected chi connectivity index (χ0v) is 15.5. The van der Waals surface area contributed by atoms with Crippen LogP contribution < -0.4 is 4.90 Å².